The van der Waals surface area contributed by atoms with Gasteiger partial charge in [-0.15, -0.1) is 11.8 Å². The first-order valence-electron chi connectivity index (χ1n) is 10.6. The van der Waals surface area contributed by atoms with E-state index in [1.807, 2.05) is 4.90 Å². The zero-order chi connectivity index (χ0) is 20.6. The van der Waals surface area contributed by atoms with Gasteiger partial charge in [0.05, 0.1) is 16.2 Å². The summed E-state index contributed by atoms with van der Waals surface area (Å²) in [7, 11) is 0. The second-order valence-corrected chi connectivity index (χ2v) is 10.4. The van der Waals surface area contributed by atoms with E-state index in [0.29, 0.717) is 5.13 Å². The molecule has 1 heterocycles. The van der Waals surface area contributed by atoms with E-state index >= 15 is 0 Å². The lowest BCUT2D eigenvalue weighted by Gasteiger charge is -2.36. The van der Waals surface area contributed by atoms with E-state index in [9.17, 15) is 9.59 Å². The fraction of sp³-hybridized carbons (Fsp3) is 0.667. The Morgan fingerprint density at radius 2 is 2.10 bits per heavy atom. The number of thiazole rings is 1. The zero-order valence-electron chi connectivity index (χ0n) is 17.1. The van der Waals surface area contributed by atoms with Gasteiger partial charge in [-0.3, -0.25) is 10.1 Å². The Balaban J connectivity index is 1.61. The molecule has 1 aromatic rings. The maximum absolute atomic E-state index is 13.1. The minimum absolute atomic E-state index is 0.00290. The molecule has 0 aromatic carbocycles. The summed E-state index contributed by atoms with van der Waals surface area (Å²) in [5.41, 5.74) is 1.49. The Bertz CT molecular complexity index is 727. The lowest BCUT2D eigenvalue weighted by Crippen LogP contribution is -2.45. The maximum atomic E-state index is 13.1. The number of amides is 2. The van der Waals surface area contributed by atoms with E-state index < -0.39 is 5.97 Å². The molecule has 2 N–H and O–H groups in total. The van der Waals surface area contributed by atoms with Gasteiger partial charge in [-0.25, -0.2) is 9.78 Å². The maximum Gasteiger partial charge on any atom is 0.323 e. The summed E-state index contributed by atoms with van der Waals surface area (Å²) in [5, 5.41) is 12.3. The number of carboxylic acid groups (broad SMARTS) is 1. The third-order valence-corrected chi connectivity index (χ3v) is 7.87. The average Bonchev–Trinajstić information content (AvgIpc) is 3.16. The molecule has 2 amide bonds. The Morgan fingerprint density at radius 3 is 2.79 bits per heavy atom. The van der Waals surface area contributed by atoms with Gasteiger partial charge >= 0.3 is 12.0 Å². The van der Waals surface area contributed by atoms with Crippen LogP contribution in [0.25, 0.3) is 0 Å². The molecule has 2 aliphatic rings. The Labute approximate surface area is 181 Å². The number of rotatable bonds is 8. The third kappa shape index (κ3) is 7.03. The van der Waals surface area contributed by atoms with Crippen molar-refractivity contribution in [3.05, 3.63) is 17.8 Å². The van der Waals surface area contributed by atoms with Gasteiger partial charge in [0.25, 0.3) is 0 Å². The van der Waals surface area contributed by atoms with E-state index in [4.69, 9.17) is 5.11 Å². The fourth-order valence-electron chi connectivity index (χ4n) is 4.08. The van der Waals surface area contributed by atoms with Crippen LogP contribution in [0.4, 0.5) is 9.93 Å². The number of hydrogen-bond donors (Lipinski definition) is 2. The molecule has 29 heavy (non-hydrogen) atoms. The number of aliphatic carboxylic acids is 1. The number of aromatic nitrogens is 1. The molecule has 0 unspecified atom stereocenters. The lowest BCUT2D eigenvalue weighted by atomic mass is 9.86. The molecule has 1 fully saturated rings. The second kappa shape index (κ2) is 11.0. The summed E-state index contributed by atoms with van der Waals surface area (Å²) >= 11 is 2.56. The van der Waals surface area contributed by atoms with Crippen molar-refractivity contribution in [2.45, 2.75) is 75.0 Å². The predicted molar refractivity (Wildman–Crippen MR) is 119 cm³/mol. The minimum atomic E-state index is -0.858. The van der Waals surface area contributed by atoms with E-state index in [1.165, 1.54) is 60.8 Å². The highest BCUT2D eigenvalue weighted by Crippen LogP contribution is 2.31. The van der Waals surface area contributed by atoms with Crippen molar-refractivity contribution < 1.29 is 14.7 Å². The van der Waals surface area contributed by atoms with Crippen molar-refractivity contribution in [3.8, 4) is 0 Å². The lowest BCUT2D eigenvalue weighted by molar-refractivity contribution is -0.133. The van der Waals surface area contributed by atoms with Gasteiger partial charge in [-0.2, -0.15) is 0 Å². The summed E-state index contributed by atoms with van der Waals surface area (Å²) in [4.78, 5) is 30.1. The molecule has 6 nitrogen and oxygen atoms in total. The predicted octanol–water partition coefficient (Wildman–Crippen LogP) is 5.62. The second-order valence-electron chi connectivity index (χ2n) is 8.06. The first-order valence-corrected chi connectivity index (χ1v) is 12.4. The van der Waals surface area contributed by atoms with Crippen LogP contribution in [0.5, 0.6) is 0 Å². The molecule has 0 radical (unpaired) electrons. The molecule has 1 saturated carbocycles. The minimum Gasteiger partial charge on any atom is -0.481 e. The Hall–Kier alpha value is -1.54. The molecule has 0 saturated heterocycles. The van der Waals surface area contributed by atoms with Crippen LogP contribution in [0.1, 0.15) is 64.7 Å². The molecular weight excluding hydrogens is 406 g/mol. The van der Waals surface area contributed by atoms with E-state index in [1.54, 1.807) is 6.20 Å². The number of nitrogens with one attached hydrogen (secondary N) is 1. The molecule has 3 rings (SSSR count). The topological polar surface area (TPSA) is 82.5 Å². The fourth-order valence-corrected chi connectivity index (χ4v) is 5.66. The van der Waals surface area contributed by atoms with Gasteiger partial charge in [-0.1, -0.05) is 29.9 Å². The van der Waals surface area contributed by atoms with Crippen LogP contribution in [0.3, 0.4) is 0 Å². The van der Waals surface area contributed by atoms with Crippen molar-refractivity contribution in [3.63, 3.8) is 0 Å². The Morgan fingerprint density at radius 1 is 1.31 bits per heavy atom. The number of urea groups is 1. The summed E-state index contributed by atoms with van der Waals surface area (Å²) in [5.74, 6) is -0.120. The van der Waals surface area contributed by atoms with Gasteiger partial charge in [0.15, 0.2) is 5.13 Å². The third-order valence-electron chi connectivity index (χ3n) is 5.78. The quantitative estimate of drug-likeness (QED) is 0.407. The first-order chi connectivity index (χ1) is 14.0. The van der Waals surface area contributed by atoms with E-state index in [0.717, 1.165) is 42.4 Å². The van der Waals surface area contributed by atoms with E-state index in [2.05, 4.69) is 23.3 Å². The van der Waals surface area contributed by atoms with Crippen LogP contribution in [0, 0.1) is 5.92 Å². The summed E-state index contributed by atoms with van der Waals surface area (Å²) < 4.78 is 0.799. The van der Waals surface area contributed by atoms with Gasteiger partial charge in [0, 0.05) is 12.6 Å². The molecule has 0 bridgehead atoms. The highest BCUT2D eigenvalue weighted by Gasteiger charge is 2.28. The Kier molecular flexibility index (Phi) is 8.41. The molecule has 8 heteroatoms. The normalized spacial score (nSPS) is 22.0. The molecule has 2 aliphatic carbocycles. The van der Waals surface area contributed by atoms with Crippen LogP contribution in [-0.4, -0.2) is 45.3 Å². The van der Waals surface area contributed by atoms with Crippen molar-refractivity contribution in [1.82, 2.24) is 9.88 Å². The van der Waals surface area contributed by atoms with Crippen molar-refractivity contribution >= 4 is 40.2 Å². The first kappa shape index (κ1) is 22.2. The number of carbonyl (C=O) groups is 2. The van der Waals surface area contributed by atoms with Crippen LogP contribution < -0.4 is 5.32 Å². The van der Waals surface area contributed by atoms with Crippen molar-refractivity contribution in [2.75, 3.05) is 17.6 Å². The smallest absolute Gasteiger partial charge is 0.323 e. The van der Waals surface area contributed by atoms with Crippen LogP contribution >= 0.6 is 23.1 Å². The largest absolute Gasteiger partial charge is 0.481 e. The summed E-state index contributed by atoms with van der Waals surface area (Å²) in [6.45, 7) is 3.04. The molecule has 0 aliphatic heterocycles. The van der Waals surface area contributed by atoms with E-state index in [-0.39, 0.29) is 17.8 Å². The number of anilines is 1. The number of allylic oxidation sites excluding steroid dienone is 1. The summed E-state index contributed by atoms with van der Waals surface area (Å²) in [6.07, 6.45) is 14.3. The SMILES string of the molecule is C[C@H]1CC[C@H](N(CCC2=CCCCC2)C(=O)Nc2ncc(SCC(=O)O)s2)CC1. The highest BCUT2D eigenvalue weighted by molar-refractivity contribution is 8.01. The summed E-state index contributed by atoms with van der Waals surface area (Å²) in [6, 6.07) is 0.210. The number of hydrogen-bond acceptors (Lipinski definition) is 5. The molecule has 0 spiro atoms. The average molecular weight is 438 g/mol. The molecule has 160 valence electrons. The van der Waals surface area contributed by atoms with Crippen LogP contribution in [0.2, 0.25) is 0 Å². The molecule has 0 atom stereocenters. The van der Waals surface area contributed by atoms with Gasteiger partial charge in [-0.05, 0) is 63.7 Å². The number of carboxylic acids is 1. The van der Waals surface area contributed by atoms with Gasteiger partial charge < -0.3 is 10.0 Å². The van der Waals surface area contributed by atoms with Gasteiger partial charge in [0.2, 0.25) is 0 Å². The van der Waals surface area contributed by atoms with Crippen LogP contribution in [0.15, 0.2) is 22.1 Å². The van der Waals surface area contributed by atoms with Crippen molar-refractivity contribution in [1.29, 1.82) is 0 Å². The van der Waals surface area contributed by atoms with Gasteiger partial charge in [0.1, 0.15) is 0 Å². The number of carbonyl (C=O) groups excluding carboxylic acids is 1. The van der Waals surface area contributed by atoms with Crippen molar-refractivity contribution in [2.24, 2.45) is 5.92 Å². The standard InChI is InChI=1S/C21H31N3O3S2/c1-15-7-9-17(10-8-15)24(12-11-16-5-3-2-4-6-16)21(27)23-20-22-13-19(29-20)28-14-18(25)26/h5,13,15,17H,2-4,6-12,14H2,1H3,(H,25,26)(H,22,23,27)/t15-,17-. The zero-order valence-corrected chi connectivity index (χ0v) is 18.7. The number of nitrogens with zero attached hydrogens (tertiary/aromatic N) is 2. The number of thioether (sulfide) groups is 1. The monoisotopic (exact) mass is 437 g/mol. The molecular formula is C21H31N3O3S2. The highest BCUT2D eigenvalue weighted by atomic mass is 32.2. The molecule has 1 aromatic heterocycles. The van der Waals surface area contributed by atoms with Crippen LogP contribution in [-0.2, 0) is 4.79 Å².